The molecule has 4 aromatic rings. The molecule has 3 aromatic carbocycles. The van der Waals surface area contributed by atoms with E-state index in [1.165, 1.54) is 18.2 Å². The Morgan fingerprint density at radius 2 is 1.62 bits per heavy atom. The zero-order chi connectivity index (χ0) is 29.7. The molecule has 1 aliphatic rings. The molecular weight excluding hydrogens is 597 g/mol. The normalized spacial score (nSPS) is 14.0. The summed E-state index contributed by atoms with van der Waals surface area (Å²) in [6.45, 7) is -0.912. The topological polar surface area (TPSA) is 90.4 Å². The van der Waals surface area contributed by atoms with Gasteiger partial charge in [0, 0.05) is 17.5 Å². The van der Waals surface area contributed by atoms with Crippen LogP contribution < -0.4 is 39.0 Å². The number of benzene rings is 3. The number of alkyl halides is 5. The molecule has 0 atom stereocenters. The monoisotopic (exact) mass is 616 g/mol. The summed E-state index contributed by atoms with van der Waals surface area (Å²) in [5.41, 5.74) is -2.89. The molecule has 5 rings (SSSR count). The molecule has 42 heavy (non-hydrogen) atoms. The average molecular weight is 617 g/mol. The van der Waals surface area contributed by atoms with Crippen LogP contribution in [0.4, 0.5) is 32.2 Å². The van der Waals surface area contributed by atoms with Crippen LogP contribution in [-0.4, -0.2) is 19.4 Å². The maximum atomic E-state index is 14.9. The van der Waals surface area contributed by atoms with Gasteiger partial charge in [0.25, 0.3) is 15.9 Å². The van der Waals surface area contributed by atoms with Gasteiger partial charge in [-0.3, -0.25) is 0 Å². The number of sulfonamides is 1. The number of halogens is 6. The average Bonchev–Trinajstić information content (AvgIpc) is 3.77. The number of hydrogen-bond acceptors (Lipinski definition) is 5. The second kappa shape index (κ2) is 11.5. The third kappa shape index (κ3) is 6.01. The number of pyridine rings is 1. The van der Waals surface area contributed by atoms with Crippen molar-refractivity contribution in [3.05, 3.63) is 101 Å². The Morgan fingerprint density at radius 1 is 0.976 bits per heavy atom. The molecule has 0 saturated heterocycles. The number of rotatable bonds is 8. The maximum absolute atomic E-state index is 14.9. The molecule has 14 heteroatoms. The van der Waals surface area contributed by atoms with Gasteiger partial charge < -0.3 is 9.90 Å². The van der Waals surface area contributed by atoms with Gasteiger partial charge in [0.2, 0.25) is 0 Å². The van der Waals surface area contributed by atoms with E-state index in [9.17, 15) is 44.7 Å². The van der Waals surface area contributed by atoms with Crippen molar-refractivity contribution >= 4 is 32.6 Å². The van der Waals surface area contributed by atoms with E-state index in [1.54, 1.807) is 0 Å². The number of carboxylic acid groups (broad SMARTS) is 1. The van der Waals surface area contributed by atoms with Gasteiger partial charge in [0.1, 0.15) is 11.4 Å². The molecule has 214 valence electrons. The van der Waals surface area contributed by atoms with E-state index in [0.717, 1.165) is 48.7 Å². The van der Waals surface area contributed by atoms with Gasteiger partial charge in [0.15, 0.2) is 5.82 Å². The van der Waals surface area contributed by atoms with Gasteiger partial charge in [-0.15, -0.1) is 0 Å². The molecule has 1 heterocycles. The fourth-order valence-corrected chi connectivity index (χ4v) is 5.96. The van der Waals surface area contributed by atoms with E-state index in [-0.39, 0.29) is 64.3 Å². The molecule has 1 fully saturated rings. The number of anilines is 1. The van der Waals surface area contributed by atoms with Crippen molar-refractivity contribution in [3.63, 3.8) is 0 Å². The molecule has 1 saturated carbocycles. The third-order valence-electron chi connectivity index (χ3n) is 6.79. The Balaban J connectivity index is 0.00000405. The molecule has 1 aromatic heterocycles. The van der Waals surface area contributed by atoms with Crippen molar-refractivity contribution in [2.24, 2.45) is 5.92 Å². The van der Waals surface area contributed by atoms with Crippen molar-refractivity contribution < 1.29 is 74.2 Å². The molecule has 0 bridgehead atoms. The number of nitrogens with zero attached hydrogens (tertiary/aromatic N) is 2. The summed E-state index contributed by atoms with van der Waals surface area (Å²) < 4.78 is 115. The number of aromatic nitrogens is 1. The van der Waals surface area contributed by atoms with Crippen LogP contribution in [0.3, 0.4) is 0 Å². The molecular formula is C28H19F6N2NaO4S. The van der Waals surface area contributed by atoms with E-state index in [0.29, 0.717) is 10.4 Å². The minimum Gasteiger partial charge on any atom is -0.545 e. The van der Waals surface area contributed by atoms with Crippen LogP contribution in [0, 0.1) is 11.7 Å². The Labute approximate surface area is 258 Å². The van der Waals surface area contributed by atoms with Gasteiger partial charge in [-0.2, -0.15) is 13.2 Å². The summed E-state index contributed by atoms with van der Waals surface area (Å²) in [6.07, 6.45) is -3.63. The van der Waals surface area contributed by atoms with Crippen LogP contribution in [0.15, 0.2) is 77.8 Å². The largest absolute Gasteiger partial charge is 1.00 e. The second-order valence-corrected chi connectivity index (χ2v) is 11.4. The Morgan fingerprint density at radius 3 is 2.19 bits per heavy atom. The van der Waals surface area contributed by atoms with Crippen LogP contribution >= 0.6 is 0 Å². The quantitative estimate of drug-likeness (QED) is 0.225. The van der Waals surface area contributed by atoms with E-state index < -0.39 is 68.2 Å². The fourth-order valence-electron chi connectivity index (χ4n) is 4.54. The smallest absolute Gasteiger partial charge is 0.545 e. The first-order valence-electron chi connectivity index (χ1n) is 12.2. The van der Waals surface area contributed by atoms with Gasteiger partial charge in [0.05, 0.1) is 23.0 Å². The first-order valence-corrected chi connectivity index (χ1v) is 13.6. The standard InChI is InChI=1S/C28H20F6N2O4S.Na/c29-23-13-16(5-12-22(23)27(30,31)19-8-9-19)15-36(41(39,40)20-10-6-17(7-11-20)26(37)38)25-24(28(32,33)34)21-4-2-1-3-18(21)14-35-25;/h1-7,10-14,19H,8-9,15H2,(H,37,38);/q;+1/p-1. The number of fused-ring (bicyclic) bond motifs is 1. The number of aromatic carboxylic acids is 1. The minimum atomic E-state index is -5.10. The van der Waals surface area contributed by atoms with Crippen LogP contribution in [-0.2, 0) is 28.7 Å². The zero-order valence-corrected chi connectivity index (χ0v) is 24.6. The maximum Gasteiger partial charge on any atom is 1.00 e. The van der Waals surface area contributed by atoms with Crippen molar-refractivity contribution in [1.82, 2.24) is 4.98 Å². The van der Waals surface area contributed by atoms with Crippen molar-refractivity contribution in [2.45, 2.75) is 36.4 Å². The first kappa shape index (κ1) is 31.8. The first-order chi connectivity index (χ1) is 19.2. The SMILES string of the molecule is O=C([O-])c1ccc(S(=O)(=O)N(Cc2ccc(C(F)(F)C3CC3)c(F)c2)c2ncc3ccccc3c2C(F)(F)F)cc1.[Na+]. The summed E-state index contributed by atoms with van der Waals surface area (Å²) in [5.74, 6) is -8.47. The Kier molecular flexibility index (Phi) is 8.72. The predicted octanol–water partition coefficient (Wildman–Crippen LogP) is 2.66. The molecule has 0 aliphatic heterocycles. The Bertz CT molecular complexity index is 1760. The van der Waals surface area contributed by atoms with E-state index in [1.807, 2.05) is 0 Å². The van der Waals surface area contributed by atoms with Gasteiger partial charge in [-0.1, -0.05) is 42.5 Å². The second-order valence-electron chi connectivity index (χ2n) is 9.58. The van der Waals surface area contributed by atoms with Crippen molar-refractivity contribution in [2.75, 3.05) is 4.31 Å². The summed E-state index contributed by atoms with van der Waals surface area (Å²) >= 11 is 0. The molecule has 0 amide bonds. The number of carboxylic acids is 1. The van der Waals surface area contributed by atoms with Gasteiger partial charge in [-0.25, -0.2) is 30.9 Å². The number of carbonyl (C=O) groups is 1. The number of hydrogen-bond donors (Lipinski definition) is 0. The van der Waals surface area contributed by atoms with Crippen molar-refractivity contribution in [3.8, 4) is 0 Å². The summed E-state index contributed by atoms with van der Waals surface area (Å²) in [6, 6.07) is 11.3. The Hall–Kier alpha value is -3.13. The van der Waals surface area contributed by atoms with Gasteiger partial charge >= 0.3 is 35.7 Å². The molecule has 0 radical (unpaired) electrons. The summed E-state index contributed by atoms with van der Waals surface area (Å²) in [5, 5.41) is 10.8. The molecule has 0 unspecified atom stereocenters. The van der Waals surface area contributed by atoms with Gasteiger partial charge in [-0.05, 0) is 53.6 Å². The number of carbonyl (C=O) groups excluding carboxylic acids is 1. The minimum absolute atomic E-state index is 0. The predicted molar refractivity (Wildman–Crippen MR) is 134 cm³/mol. The fraction of sp³-hybridized carbons (Fsp3) is 0.214. The zero-order valence-electron chi connectivity index (χ0n) is 21.8. The molecule has 1 aliphatic carbocycles. The van der Waals surface area contributed by atoms with E-state index >= 15 is 0 Å². The molecule has 0 spiro atoms. The van der Waals surface area contributed by atoms with Crippen LogP contribution in [0.25, 0.3) is 10.8 Å². The summed E-state index contributed by atoms with van der Waals surface area (Å²) in [4.78, 5) is 14.4. The summed E-state index contributed by atoms with van der Waals surface area (Å²) in [7, 11) is -4.91. The molecule has 0 N–H and O–H groups in total. The van der Waals surface area contributed by atoms with Crippen LogP contribution in [0.1, 0.15) is 39.9 Å². The third-order valence-corrected chi connectivity index (χ3v) is 8.54. The van der Waals surface area contributed by atoms with Crippen molar-refractivity contribution in [1.29, 1.82) is 0 Å². The van der Waals surface area contributed by atoms with E-state index in [4.69, 9.17) is 0 Å². The van der Waals surface area contributed by atoms with Crippen LogP contribution in [0.2, 0.25) is 0 Å². The van der Waals surface area contributed by atoms with Crippen LogP contribution in [0.5, 0.6) is 0 Å². The molecule has 6 nitrogen and oxygen atoms in total. The van der Waals surface area contributed by atoms with E-state index in [2.05, 4.69) is 4.98 Å².